The van der Waals surface area contributed by atoms with Crippen molar-refractivity contribution >= 4 is 21.7 Å². The van der Waals surface area contributed by atoms with E-state index in [0.717, 1.165) is 43.6 Å². The minimum absolute atomic E-state index is 0.0685. The lowest BCUT2D eigenvalue weighted by Crippen LogP contribution is -2.14. The molecular weight excluding hydrogens is 340 g/mol. The topological polar surface area (TPSA) is 26.3 Å². The van der Waals surface area contributed by atoms with E-state index in [4.69, 9.17) is 4.74 Å². The largest absolute Gasteiger partial charge is 0.494 e. The van der Waals surface area contributed by atoms with Crippen molar-refractivity contribution in [2.24, 2.45) is 0 Å². The van der Waals surface area contributed by atoms with Gasteiger partial charge in [0.25, 0.3) is 0 Å². The summed E-state index contributed by atoms with van der Waals surface area (Å²) in [6.07, 6.45) is 9.24. The standard InChI is InChI=1S/C19H29BrO2/c1-3-5-7-8-9-10-18(20)19(21)16-11-13-17(14-12-16)22-15-6-4-2/h11-14,18H,3-10,15H2,1-2H3. The zero-order valence-corrected chi connectivity index (χ0v) is 15.5. The van der Waals surface area contributed by atoms with Gasteiger partial charge in [0.05, 0.1) is 11.4 Å². The molecule has 0 radical (unpaired) electrons. The average Bonchev–Trinajstić information content (AvgIpc) is 2.54. The smallest absolute Gasteiger partial charge is 0.176 e. The Morgan fingerprint density at radius 2 is 1.64 bits per heavy atom. The van der Waals surface area contributed by atoms with Gasteiger partial charge in [-0.05, 0) is 37.1 Å². The fourth-order valence-electron chi connectivity index (χ4n) is 2.29. The molecule has 0 spiro atoms. The Hall–Kier alpha value is -0.830. The summed E-state index contributed by atoms with van der Waals surface area (Å²) < 4.78 is 5.62. The summed E-state index contributed by atoms with van der Waals surface area (Å²) in [7, 11) is 0. The van der Waals surface area contributed by atoms with Crippen LogP contribution >= 0.6 is 15.9 Å². The molecule has 0 saturated heterocycles. The molecule has 0 aromatic heterocycles. The van der Waals surface area contributed by atoms with Gasteiger partial charge >= 0.3 is 0 Å². The van der Waals surface area contributed by atoms with E-state index < -0.39 is 0 Å². The van der Waals surface area contributed by atoms with Gasteiger partial charge < -0.3 is 4.74 Å². The molecule has 0 bridgehead atoms. The number of Topliss-reactive ketones (excluding diaryl/α,β-unsaturated/α-hetero) is 1. The van der Waals surface area contributed by atoms with Crippen molar-refractivity contribution in [3.05, 3.63) is 29.8 Å². The van der Waals surface area contributed by atoms with Gasteiger partial charge in [-0.15, -0.1) is 0 Å². The van der Waals surface area contributed by atoms with Crippen LogP contribution in [-0.4, -0.2) is 17.2 Å². The first kappa shape index (κ1) is 19.2. The third-order valence-corrected chi connectivity index (χ3v) is 4.62. The van der Waals surface area contributed by atoms with Crippen LogP contribution in [0.25, 0.3) is 0 Å². The van der Waals surface area contributed by atoms with E-state index in [1.165, 1.54) is 25.7 Å². The summed E-state index contributed by atoms with van der Waals surface area (Å²) in [6, 6.07) is 7.53. The van der Waals surface area contributed by atoms with Crippen molar-refractivity contribution in [1.29, 1.82) is 0 Å². The number of carbonyl (C=O) groups excluding carboxylic acids is 1. The molecule has 0 N–H and O–H groups in total. The van der Waals surface area contributed by atoms with Crippen LogP contribution in [0.4, 0.5) is 0 Å². The van der Waals surface area contributed by atoms with Crippen LogP contribution in [0.2, 0.25) is 0 Å². The molecule has 1 rings (SSSR count). The number of alkyl halides is 1. The third-order valence-electron chi connectivity index (χ3n) is 3.75. The van der Waals surface area contributed by atoms with Crippen LogP contribution < -0.4 is 4.74 Å². The van der Waals surface area contributed by atoms with Crippen LogP contribution in [0.3, 0.4) is 0 Å². The Morgan fingerprint density at radius 3 is 2.27 bits per heavy atom. The molecule has 1 atom stereocenters. The first-order chi connectivity index (χ1) is 10.7. The third kappa shape index (κ3) is 7.44. The lowest BCUT2D eigenvalue weighted by atomic mass is 10.0. The van der Waals surface area contributed by atoms with Crippen molar-refractivity contribution in [1.82, 2.24) is 0 Å². The number of carbonyl (C=O) groups is 1. The number of hydrogen-bond donors (Lipinski definition) is 0. The normalized spacial score (nSPS) is 12.1. The fourth-order valence-corrected chi connectivity index (χ4v) is 2.88. The average molecular weight is 369 g/mol. The van der Waals surface area contributed by atoms with Crippen LogP contribution in [0.1, 0.15) is 75.6 Å². The minimum atomic E-state index is -0.0685. The van der Waals surface area contributed by atoms with E-state index in [0.29, 0.717) is 0 Å². The molecule has 0 aliphatic rings. The van der Waals surface area contributed by atoms with Crippen LogP contribution in [0, 0.1) is 0 Å². The predicted molar refractivity (Wildman–Crippen MR) is 97.3 cm³/mol. The van der Waals surface area contributed by atoms with Crippen molar-refractivity contribution in [3.8, 4) is 5.75 Å². The van der Waals surface area contributed by atoms with Crippen molar-refractivity contribution in [2.75, 3.05) is 6.61 Å². The second-order valence-corrected chi connectivity index (χ2v) is 6.87. The summed E-state index contributed by atoms with van der Waals surface area (Å²) in [5.41, 5.74) is 0.762. The van der Waals surface area contributed by atoms with Crippen LogP contribution in [0.5, 0.6) is 5.75 Å². The maximum Gasteiger partial charge on any atom is 0.176 e. The molecular formula is C19H29BrO2. The lowest BCUT2D eigenvalue weighted by molar-refractivity contribution is 0.0988. The molecule has 2 nitrogen and oxygen atoms in total. The number of hydrogen-bond acceptors (Lipinski definition) is 2. The number of ether oxygens (including phenoxy) is 1. The van der Waals surface area contributed by atoms with Gasteiger partial charge in [-0.25, -0.2) is 0 Å². The van der Waals surface area contributed by atoms with Crippen molar-refractivity contribution in [3.63, 3.8) is 0 Å². The lowest BCUT2D eigenvalue weighted by Gasteiger charge is -2.10. The molecule has 22 heavy (non-hydrogen) atoms. The van der Waals surface area contributed by atoms with Crippen LogP contribution in [-0.2, 0) is 0 Å². The molecule has 3 heteroatoms. The second kappa shape index (κ2) is 11.7. The van der Waals surface area contributed by atoms with Crippen molar-refractivity contribution < 1.29 is 9.53 Å². The molecule has 0 saturated carbocycles. The van der Waals surface area contributed by atoms with Crippen molar-refractivity contribution in [2.45, 2.75) is 70.0 Å². The first-order valence-corrected chi connectivity index (χ1v) is 9.51. The molecule has 124 valence electrons. The summed E-state index contributed by atoms with van der Waals surface area (Å²) in [5, 5.41) is 0. The van der Waals surface area contributed by atoms with E-state index in [1.54, 1.807) is 0 Å². The van der Waals surface area contributed by atoms with Gasteiger partial charge in [-0.1, -0.05) is 68.3 Å². The number of unbranched alkanes of at least 4 members (excludes halogenated alkanes) is 5. The van der Waals surface area contributed by atoms with Gasteiger partial charge in [0.1, 0.15) is 5.75 Å². The Morgan fingerprint density at radius 1 is 1.00 bits per heavy atom. The minimum Gasteiger partial charge on any atom is -0.494 e. The molecule has 0 aliphatic heterocycles. The number of benzene rings is 1. The maximum absolute atomic E-state index is 12.3. The fraction of sp³-hybridized carbons (Fsp3) is 0.632. The van der Waals surface area contributed by atoms with E-state index in [9.17, 15) is 4.79 Å². The quantitative estimate of drug-likeness (QED) is 0.250. The molecule has 0 heterocycles. The Kier molecular flexibility index (Phi) is 10.2. The SMILES string of the molecule is CCCCCCCC(Br)C(=O)c1ccc(OCCCC)cc1. The van der Waals surface area contributed by atoms with Gasteiger partial charge in [0, 0.05) is 5.56 Å². The molecule has 0 amide bonds. The van der Waals surface area contributed by atoms with E-state index in [-0.39, 0.29) is 10.6 Å². The highest BCUT2D eigenvalue weighted by Crippen LogP contribution is 2.20. The van der Waals surface area contributed by atoms with Gasteiger partial charge in [-0.2, -0.15) is 0 Å². The summed E-state index contributed by atoms with van der Waals surface area (Å²) >= 11 is 3.54. The monoisotopic (exact) mass is 368 g/mol. The van der Waals surface area contributed by atoms with E-state index in [1.807, 2.05) is 24.3 Å². The zero-order chi connectivity index (χ0) is 16.2. The highest BCUT2D eigenvalue weighted by Gasteiger charge is 2.16. The Balaban J connectivity index is 2.37. The zero-order valence-electron chi connectivity index (χ0n) is 13.9. The number of ketones is 1. The van der Waals surface area contributed by atoms with Gasteiger partial charge in [-0.3, -0.25) is 4.79 Å². The summed E-state index contributed by atoms with van der Waals surface area (Å²) in [4.78, 5) is 12.3. The summed E-state index contributed by atoms with van der Waals surface area (Å²) in [5.74, 6) is 1.02. The Labute approximate surface area is 143 Å². The van der Waals surface area contributed by atoms with Gasteiger partial charge in [0.2, 0.25) is 0 Å². The van der Waals surface area contributed by atoms with E-state index >= 15 is 0 Å². The molecule has 1 aromatic rings. The molecule has 1 aromatic carbocycles. The second-order valence-electron chi connectivity index (χ2n) is 5.76. The Bertz CT molecular complexity index is 414. The molecule has 1 unspecified atom stereocenters. The number of halogens is 1. The van der Waals surface area contributed by atoms with Gasteiger partial charge in [0.15, 0.2) is 5.78 Å². The predicted octanol–water partition coefficient (Wildman–Crippen LogP) is 6.17. The maximum atomic E-state index is 12.3. The molecule has 0 aliphatic carbocycles. The van der Waals surface area contributed by atoms with Crippen LogP contribution in [0.15, 0.2) is 24.3 Å². The highest BCUT2D eigenvalue weighted by atomic mass is 79.9. The summed E-state index contributed by atoms with van der Waals surface area (Å²) in [6.45, 7) is 5.10. The highest BCUT2D eigenvalue weighted by molar-refractivity contribution is 9.10. The first-order valence-electron chi connectivity index (χ1n) is 8.60. The van der Waals surface area contributed by atoms with E-state index in [2.05, 4.69) is 29.8 Å². The molecule has 0 fully saturated rings. The number of rotatable bonds is 12.